The summed E-state index contributed by atoms with van der Waals surface area (Å²) in [5.74, 6) is 2.96. The molecular formula is C21H28N4OS. The van der Waals surface area contributed by atoms with Crippen molar-refractivity contribution in [2.75, 3.05) is 25.9 Å². The molecule has 0 spiro atoms. The van der Waals surface area contributed by atoms with Crippen molar-refractivity contribution in [3.8, 4) is 5.75 Å². The molecule has 0 bridgehead atoms. The van der Waals surface area contributed by atoms with Crippen molar-refractivity contribution in [2.24, 2.45) is 4.99 Å². The molecule has 1 aliphatic heterocycles. The Morgan fingerprint density at radius 2 is 2.07 bits per heavy atom. The fraction of sp³-hybridized carbons (Fsp3) is 0.429. The Morgan fingerprint density at radius 1 is 1.26 bits per heavy atom. The summed E-state index contributed by atoms with van der Waals surface area (Å²) in [7, 11) is 1.85. The van der Waals surface area contributed by atoms with Crippen LogP contribution in [0.25, 0.3) is 0 Å². The van der Waals surface area contributed by atoms with Crippen LogP contribution in [-0.4, -0.2) is 46.5 Å². The molecule has 1 aromatic carbocycles. The van der Waals surface area contributed by atoms with E-state index in [4.69, 9.17) is 4.74 Å². The number of hydrogen-bond donors (Lipinski definition) is 1. The summed E-state index contributed by atoms with van der Waals surface area (Å²) in [5.41, 5.74) is 2.13. The summed E-state index contributed by atoms with van der Waals surface area (Å²) in [6, 6.07) is 14.0. The van der Waals surface area contributed by atoms with Crippen LogP contribution in [0.4, 0.5) is 0 Å². The van der Waals surface area contributed by atoms with E-state index in [1.54, 1.807) is 6.20 Å². The Kier molecular flexibility index (Phi) is 6.61. The number of aliphatic imine (C=N–C) groups is 1. The number of rotatable bonds is 5. The number of hydrogen-bond acceptors (Lipinski definition) is 4. The molecule has 1 N–H and O–H groups in total. The highest BCUT2D eigenvalue weighted by atomic mass is 32.2. The summed E-state index contributed by atoms with van der Waals surface area (Å²) in [6.07, 6.45) is 1.78. The lowest BCUT2D eigenvalue weighted by Crippen LogP contribution is -2.50. The molecule has 2 heterocycles. The molecule has 0 saturated carbocycles. The van der Waals surface area contributed by atoms with E-state index in [1.165, 1.54) is 5.56 Å². The molecule has 0 unspecified atom stereocenters. The van der Waals surface area contributed by atoms with E-state index >= 15 is 0 Å². The fourth-order valence-corrected chi connectivity index (χ4v) is 4.17. The van der Waals surface area contributed by atoms with Gasteiger partial charge in [-0.05, 0) is 43.7 Å². The van der Waals surface area contributed by atoms with Gasteiger partial charge in [0, 0.05) is 43.4 Å². The van der Waals surface area contributed by atoms with Gasteiger partial charge in [0.05, 0.1) is 5.69 Å². The first-order valence-electron chi connectivity index (χ1n) is 9.27. The molecule has 0 amide bonds. The molecule has 1 aliphatic rings. The molecule has 144 valence electrons. The minimum atomic E-state index is 0.266. The van der Waals surface area contributed by atoms with E-state index in [-0.39, 0.29) is 4.75 Å². The molecule has 27 heavy (non-hydrogen) atoms. The molecule has 6 heteroatoms. The second kappa shape index (κ2) is 9.13. The van der Waals surface area contributed by atoms with Gasteiger partial charge in [-0.15, -0.1) is 0 Å². The summed E-state index contributed by atoms with van der Waals surface area (Å²) < 4.78 is 6.06. The lowest BCUT2D eigenvalue weighted by molar-refractivity contribution is 0.301. The van der Waals surface area contributed by atoms with Crippen LogP contribution >= 0.6 is 11.8 Å². The molecule has 1 fully saturated rings. The number of thioether (sulfide) groups is 1. The zero-order valence-electron chi connectivity index (χ0n) is 16.3. The molecule has 0 radical (unpaired) electrons. The summed E-state index contributed by atoms with van der Waals surface area (Å²) in [5, 5.41) is 3.49. The second-order valence-electron chi connectivity index (χ2n) is 7.18. The summed E-state index contributed by atoms with van der Waals surface area (Å²) in [6.45, 7) is 7.86. The van der Waals surface area contributed by atoms with Gasteiger partial charge < -0.3 is 15.0 Å². The van der Waals surface area contributed by atoms with Gasteiger partial charge in [-0.25, -0.2) is 0 Å². The molecule has 1 aromatic heterocycles. The fourth-order valence-electron chi connectivity index (χ4n) is 3.05. The van der Waals surface area contributed by atoms with E-state index in [9.17, 15) is 0 Å². The molecule has 5 nitrogen and oxygen atoms in total. The van der Waals surface area contributed by atoms with Crippen molar-refractivity contribution in [3.05, 3.63) is 59.9 Å². The highest BCUT2D eigenvalue weighted by molar-refractivity contribution is 8.00. The van der Waals surface area contributed by atoms with Crippen molar-refractivity contribution < 1.29 is 4.74 Å². The first-order valence-corrected chi connectivity index (χ1v) is 10.3. The highest BCUT2D eigenvalue weighted by Crippen LogP contribution is 2.29. The van der Waals surface area contributed by atoms with Crippen molar-refractivity contribution in [2.45, 2.75) is 31.7 Å². The van der Waals surface area contributed by atoms with Gasteiger partial charge in [-0.3, -0.25) is 9.98 Å². The van der Waals surface area contributed by atoms with Gasteiger partial charge in [0.15, 0.2) is 5.96 Å². The minimum absolute atomic E-state index is 0.266. The quantitative estimate of drug-likeness (QED) is 0.631. The lowest BCUT2D eigenvalue weighted by Gasteiger charge is -2.39. The van der Waals surface area contributed by atoms with E-state index in [0.29, 0.717) is 6.61 Å². The first kappa shape index (κ1) is 19.5. The topological polar surface area (TPSA) is 49.8 Å². The Hall–Kier alpha value is -2.21. The van der Waals surface area contributed by atoms with Crippen LogP contribution in [0.2, 0.25) is 0 Å². The number of nitrogens with one attached hydrogen (secondary N) is 1. The standard InChI is InChI=1S/C21H28N4OS/c1-21(2)16-25(12-13-27-21)20(22-3)24-14-17-7-9-19(10-8-17)26-15-18-6-4-5-11-23-18/h4-11H,12-16H2,1-3H3,(H,22,24). The summed E-state index contributed by atoms with van der Waals surface area (Å²) in [4.78, 5) is 11.1. The van der Waals surface area contributed by atoms with Gasteiger partial charge in [0.1, 0.15) is 12.4 Å². The van der Waals surface area contributed by atoms with Crippen LogP contribution < -0.4 is 10.1 Å². The average Bonchev–Trinajstić information content (AvgIpc) is 2.68. The average molecular weight is 385 g/mol. The van der Waals surface area contributed by atoms with Crippen LogP contribution in [-0.2, 0) is 13.2 Å². The largest absolute Gasteiger partial charge is 0.487 e. The smallest absolute Gasteiger partial charge is 0.193 e. The number of pyridine rings is 1. The van der Waals surface area contributed by atoms with Crippen molar-refractivity contribution in [1.82, 2.24) is 15.2 Å². The third-order valence-corrected chi connectivity index (χ3v) is 5.72. The van der Waals surface area contributed by atoms with E-state index in [0.717, 1.165) is 42.8 Å². The van der Waals surface area contributed by atoms with Gasteiger partial charge in [-0.2, -0.15) is 11.8 Å². The van der Waals surface area contributed by atoms with Crippen LogP contribution in [0.5, 0.6) is 5.75 Å². The number of aromatic nitrogens is 1. The van der Waals surface area contributed by atoms with Crippen LogP contribution in [0.3, 0.4) is 0 Å². The van der Waals surface area contributed by atoms with Crippen molar-refractivity contribution >= 4 is 17.7 Å². The number of guanidine groups is 1. The maximum atomic E-state index is 5.79. The minimum Gasteiger partial charge on any atom is -0.487 e. The van der Waals surface area contributed by atoms with E-state index in [2.05, 4.69) is 46.2 Å². The number of benzene rings is 1. The van der Waals surface area contributed by atoms with Crippen LogP contribution in [0, 0.1) is 0 Å². The summed E-state index contributed by atoms with van der Waals surface area (Å²) >= 11 is 2.03. The predicted molar refractivity (Wildman–Crippen MR) is 113 cm³/mol. The monoisotopic (exact) mass is 384 g/mol. The Labute approximate surface area is 166 Å². The van der Waals surface area contributed by atoms with Crippen molar-refractivity contribution in [3.63, 3.8) is 0 Å². The molecule has 0 atom stereocenters. The lowest BCUT2D eigenvalue weighted by atomic mass is 10.2. The van der Waals surface area contributed by atoms with Crippen LogP contribution in [0.15, 0.2) is 53.7 Å². The molecule has 1 saturated heterocycles. The predicted octanol–water partition coefficient (Wildman–Crippen LogP) is 3.56. The maximum absolute atomic E-state index is 5.79. The number of nitrogens with zero attached hydrogens (tertiary/aromatic N) is 3. The van der Waals surface area contributed by atoms with Gasteiger partial charge in [0.2, 0.25) is 0 Å². The second-order valence-corrected chi connectivity index (χ2v) is 8.99. The van der Waals surface area contributed by atoms with Gasteiger partial charge in [0.25, 0.3) is 0 Å². The third kappa shape index (κ3) is 5.89. The SMILES string of the molecule is CN=C(NCc1ccc(OCc2ccccn2)cc1)N1CCSC(C)(C)C1. The Balaban J connectivity index is 1.50. The normalized spacial score (nSPS) is 16.9. The zero-order valence-corrected chi connectivity index (χ0v) is 17.1. The van der Waals surface area contributed by atoms with E-state index < -0.39 is 0 Å². The maximum Gasteiger partial charge on any atom is 0.193 e. The van der Waals surface area contributed by atoms with Crippen LogP contribution in [0.1, 0.15) is 25.1 Å². The zero-order chi connectivity index (χ0) is 19.1. The third-order valence-electron chi connectivity index (χ3n) is 4.42. The van der Waals surface area contributed by atoms with Gasteiger partial charge in [-0.1, -0.05) is 18.2 Å². The van der Waals surface area contributed by atoms with E-state index in [1.807, 2.05) is 49.1 Å². The highest BCUT2D eigenvalue weighted by Gasteiger charge is 2.28. The number of ether oxygens (including phenoxy) is 1. The first-order chi connectivity index (χ1) is 13.1. The van der Waals surface area contributed by atoms with Crippen molar-refractivity contribution in [1.29, 1.82) is 0 Å². The molecular weight excluding hydrogens is 356 g/mol. The Morgan fingerprint density at radius 3 is 2.74 bits per heavy atom. The Bertz CT molecular complexity index is 747. The molecule has 2 aromatic rings. The molecule has 0 aliphatic carbocycles. The molecule has 3 rings (SSSR count). The van der Waals surface area contributed by atoms with Gasteiger partial charge >= 0.3 is 0 Å².